The summed E-state index contributed by atoms with van der Waals surface area (Å²) in [5, 5.41) is 8.56. The summed E-state index contributed by atoms with van der Waals surface area (Å²) in [6.07, 6.45) is 10.2. The van der Waals surface area contributed by atoms with Gasteiger partial charge < -0.3 is 9.64 Å². The van der Waals surface area contributed by atoms with Gasteiger partial charge in [0.1, 0.15) is 11.1 Å². The second kappa shape index (κ2) is 5.18. The van der Waals surface area contributed by atoms with E-state index in [0.717, 1.165) is 29.6 Å². The Balaban J connectivity index is 1.52. The van der Waals surface area contributed by atoms with Crippen LogP contribution >= 0.6 is 0 Å². The highest BCUT2D eigenvalue weighted by atomic mass is 16.5. The Kier molecular flexibility index (Phi) is 3.08. The van der Waals surface area contributed by atoms with Crippen molar-refractivity contribution in [1.29, 1.82) is 0 Å². The van der Waals surface area contributed by atoms with Crippen molar-refractivity contribution in [2.24, 2.45) is 7.05 Å². The first-order valence-corrected chi connectivity index (χ1v) is 8.88. The highest BCUT2D eigenvalue weighted by Crippen LogP contribution is 2.55. The molecule has 2 saturated heterocycles. The maximum atomic E-state index is 12.2. The van der Waals surface area contributed by atoms with Gasteiger partial charge in [-0.1, -0.05) is 6.58 Å². The Bertz CT molecular complexity index is 1080. The number of amides is 1. The number of ether oxygens (including phenoxy) is 1. The van der Waals surface area contributed by atoms with Gasteiger partial charge in [0.15, 0.2) is 0 Å². The lowest BCUT2D eigenvalue weighted by molar-refractivity contribution is -0.129. The quantitative estimate of drug-likeness (QED) is 0.660. The van der Waals surface area contributed by atoms with Crippen LogP contribution in [0.15, 0.2) is 43.5 Å². The molecule has 5 heterocycles. The number of nitrogens with zero attached hydrogens (tertiary/aromatic N) is 6. The molecule has 0 spiro atoms. The monoisotopic (exact) mass is 364 g/mol. The Hall–Kier alpha value is -3.16. The largest absolute Gasteiger partial charge is 0.467 e. The molecule has 1 aliphatic carbocycles. The van der Waals surface area contributed by atoms with E-state index in [0.29, 0.717) is 12.4 Å². The summed E-state index contributed by atoms with van der Waals surface area (Å²) in [4.78, 5) is 18.8. The number of aromatic nitrogens is 5. The maximum absolute atomic E-state index is 12.2. The molecule has 138 valence electrons. The van der Waals surface area contributed by atoms with E-state index in [2.05, 4.69) is 23.7 Å². The van der Waals surface area contributed by atoms with Gasteiger partial charge in [-0.15, -0.1) is 0 Å². The summed E-state index contributed by atoms with van der Waals surface area (Å²) in [6.45, 7) is 6.26. The zero-order chi connectivity index (χ0) is 18.8. The minimum Gasteiger partial charge on any atom is -0.467 e. The van der Waals surface area contributed by atoms with Crippen LogP contribution in [-0.2, 0) is 11.8 Å². The van der Waals surface area contributed by atoms with Crippen molar-refractivity contribution in [1.82, 2.24) is 29.3 Å². The molecule has 0 aromatic carbocycles. The molecule has 0 unspecified atom stereocenters. The van der Waals surface area contributed by atoms with E-state index < -0.39 is 5.60 Å². The summed E-state index contributed by atoms with van der Waals surface area (Å²) < 4.78 is 9.93. The highest BCUT2D eigenvalue weighted by molar-refractivity contribution is 5.88. The second-order valence-corrected chi connectivity index (χ2v) is 7.76. The first-order valence-electron chi connectivity index (χ1n) is 8.88. The third kappa shape index (κ3) is 2.29. The van der Waals surface area contributed by atoms with Gasteiger partial charge in [0, 0.05) is 37.2 Å². The maximum Gasteiger partial charge on any atom is 0.246 e. The molecule has 6 rings (SSSR count). The van der Waals surface area contributed by atoms with Crippen LogP contribution in [0.5, 0.6) is 5.88 Å². The van der Waals surface area contributed by atoms with E-state index in [4.69, 9.17) is 9.72 Å². The van der Waals surface area contributed by atoms with Gasteiger partial charge in [-0.25, -0.2) is 9.50 Å². The van der Waals surface area contributed by atoms with Crippen molar-refractivity contribution in [3.63, 3.8) is 0 Å². The van der Waals surface area contributed by atoms with Crippen molar-refractivity contribution in [2.45, 2.75) is 30.9 Å². The van der Waals surface area contributed by atoms with Gasteiger partial charge in [-0.3, -0.25) is 9.48 Å². The van der Waals surface area contributed by atoms with Crippen LogP contribution in [0, 0.1) is 0 Å². The number of fused-ring (bicyclic) bond motifs is 2. The van der Waals surface area contributed by atoms with Gasteiger partial charge in [0.2, 0.25) is 11.8 Å². The lowest BCUT2D eigenvalue weighted by Crippen LogP contribution is -2.53. The number of aryl methyl sites for hydroxylation is 1. The normalized spacial score (nSPS) is 26.2. The minimum atomic E-state index is -0.404. The average Bonchev–Trinajstić information content (AvgIpc) is 3.35. The summed E-state index contributed by atoms with van der Waals surface area (Å²) in [7, 11) is 1.87. The van der Waals surface area contributed by atoms with Gasteiger partial charge in [-0.2, -0.15) is 10.2 Å². The number of hydrogen-bond acceptors (Lipinski definition) is 5. The van der Waals surface area contributed by atoms with Gasteiger partial charge in [-0.05, 0) is 19.1 Å². The third-order valence-electron chi connectivity index (χ3n) is 5.61. The van der Waals surface area contributed by atoms with E-state index in [-0.39, 0.29) is 11.4 Å². The van der Waals surface area contributed by atoms with Gasteiger partial charge in [0.25, 0.3) is 0 Å². The SMILES string of the molecule is C=CC(=O)N1CC2(Oc3nc(-c4cnn(C)c4)cn4nccc34)CC1(C)C2. The number of hydrogen-bond donors (Lipinski definition) is 0. The minimum absolute atomic E-state index is 0.0490. The summed E-state index contributed by atoms with van der Waals surface area (Å²) in [6, 6.07) is 1.88. The van der Waals surface area contributed by atoms with Crippen LogP contribution in [0.2, 0.25) is 0 Å². The Labute approximate surface area is 156 Å². The molecule has 27 heavy (non-hydrogen) atoms. The molecule has 8 nitrogen and oxygen atoms in total. The second-order valence-electron chi connectivity index (χ2n) is 7.76. The first-order chi connectivity index (χ1) is 12.9. The fourth-order valence-electron chi connectivity index (χ4n) is 4.55. The average molecular weight is 364 g/mol. The molecule has 3 aromatic rings. The van der Waals surface area contributed by atoms with Crippen molar-refractivity contribution < 1.29 is 9.53 Å². The molecule has 3 aromatic heterocycles. The molecule has 0 radical (unpaired) electrons. The predicted molar refractivity (Wildman–Crippen MR) is 98.1 cm³/mol. The van der Waals surface area contributed by atoms with Crippen molar-refractivity contribution in [3.8, 4) is 17.1 Å². The number of rotatable bonds is 4. The fraction of sp³-hybridized carbons (Fsp3) is 0.368. The van der Waals surface area contributed by atoms with Crippen LogP contribution in [0.1, 0.15) is 19.8 Å². The van der Waals surface area contributed by atoms with Gasteiger partial charge in [0.05, 0.1) is 30.8 Å². The van der Waals surface area contributed by atoms with Crippen LogP contribution in [0.4, 0.5) is 0 Å². The fourth-order valence-corrected chi connectivity index (χ4v) is 4.55. The molecule has 1 amide bonds. The van der Waals surface area contributed by atoms with E-state index in [1.54, 1.807) is 21.6 Å². The summed E-state index contributed by atoms with van der Waals surface area (Å²) in [5.74, 6) is 0.482. The summed E-state index contributed by atoms with van der Waals surface area (Å²) in [5.41, 5.74) is 1.87. The van der Waals surface area contributed by atoms with E-state index in [1.807, 2.05) is 30.4 Å². The molecule has 3 aliphatic rings. The van der Waals surface area contributed by atoms with Gasteiger partial charge >= 0.3 is 0 Å². The number of carbonyl (C=O) groups is 1. The van der Waals surface area contributed by atoms with Crippen molar-refractivity contribution in [3.05, 3.63) is 43.5 Å². The molecule has 2 aliphatic heterocycles. The zero-order valence-electron chi connectivity index (χ0n) is 15.3. The highest BCUT2D eigenvalue weighted by Gasteiger charge is 2.66. The Morgan fingerprint density at radius 2 is 2.15 bits per heavy atom. The van der Waals surface area contributed by atoms with E-state index >= 15 is 0 Å². The molecule has 0 N–H and O–H groups in total. The molecule has 8 heteroatoms. The Morgan fingerprint density at radius 3 is 2.85 bits per heavy atom. The topological polar surface area (TPSA) is 77.6 Å². The number of carbonyl (C=O) groups excluding carboxylic acids is 1. The molecule has 1 saturated carbocycles. The van der Waals surface area contributed by atoms with Crippen molar-refractivity contribution in [2.75, 3.05) is 6.54 Å². The molecule has 3 fully saturated rings. The summed E-state index contributed by atoms with van der Waals surface area (Å²) >= 11 is 0. The smallest absolute Gasteiger partial charge is 0.246 e. The Morgan fingerprint density at radius 1 is 1.33 bits per heavy atom. The van der Waals surface area contributed by atoms with Crippen LogP contribution in [0.25, 0.3) is 16.8 Å². The van der Waals surface area contributed by atoms with E-state index in [9.17, 15) is 4.79 Å². The lowest BCUT2D eigenvalue weighted by atomic mass is 9.71. The molecular formula is C19H20N6O2. The molecule has 2 bridgehead atoms. The van der Waals surface area contributed by atoms with Crippen molar-refractivity contribution >= 4 is 11.4 Å². The van der Waals surface area contributed by atoms with E-state index in [1.165, 1.54) is 6.08 Å². The standard InChI is InChI=1S/C19H20N6O2/c1-4-16(26)24-12-19(10-18(24,2)11-19)27-17-15-5-6-20-25(15)9-14(22-17)13-7-21-23(3)8-13/h4-9H,1,10-12H2,2-3H3. The first kappa shape index (κ1) is 16.0. The lowest BCUT2D eigenvalue weighted by Gasteiger charge is -2.44. The molecular weight excluding hydrogens is 344 g/mol. The van der Waals surface area contributed by atoms with Crippen LogP contribution in [-0.4, -0.2) is 52.9 Å². The van der Waals surface area contributed by atoms with Crippen LogP contribution < -0.4 is 4.74 Å². The zero-order valence-corrected chi connectivity index (χ0v) is 15.3. The third-order valence-corrected chi connectivity index (χ3v) is 5.61. The molecule has 0 atom stereocenters. The van der Waals surface area contributed by atoms with Crippen LogP contribution in [0.3, 0.4) is 0 Å². The predicted octanol–water partition coefficient (Wildman–Crippen LogP) is 1.83.